The van der Waals surface area contributed by atoms with E-state index in [-0.39, 0.29) is 18.4 Å². The Morgan fingerprint density at radius 2 is 2.04 bits per heavy atom. The zero-order valence-electron chi connectivity index (χ0n) is 14.7. The number of aromatic nitrogens is 1. The normalized spacial score (nSPS) is 10.5. The standard InChI is InChI=1S/C19H21N3O4/c1-22(25-2)19(24)14-26-17-8-4-3-7-16(17)9-10-18(23)21-13-15-6-5-11-20-12-15/h3-12H,13-14H2,1-2H3,(H,21,23)/b10-9+. The molecule has 0 aliphatic carbocycles. The van der Waals surface area contributed by atoms with Crippen molar-refractivity contribution in [3.63, 3.8) is 0 Å². The number of nitrogens with zero attached hydrogens (tertiary/aromatic N) is 2. The van der Waals surface area contributed by atoms with Crippen LogP contribution in [0.25, 0.3) is 6.08 Å². The van der Waals surface area contributed by atoms with Gasteiger partial charge in [0.25, 0.3) is 5.91 Å². The van der Waals surface area contributed by atoms with Gasteiger partial charge in [0, 0.05) is 37.6 Å². The second kappa shape index (κ2) is 9.95. The number of hydrogen-bond donors (Lipinski definition) is 1. The van der Waals surface area contributed by atoms with Gasteiger partial charge in [0.15, 0.2) is 6.61 Å². The first-order valence-electron chi connectivity index (χ1n) is 7.97. The van der Waals surface area contributed by atoms with Crippen molar-refractivity contribution in [3.8, 4) is 5.75 Å². The summed E-state index contributed by atoms with van der Waals surface area (Å²) in [4.78, 5) is 32.5. The zero-order valence-corrected chi connectivity index (χ0v) is 14.7. The van der Waals surface area contributed by atoms with Crippen LogP contribution in [0.4, 0.5) is 0 Å². The first-order valence-corrected chi connectivity index (χ1v) is 7.97. The number of hydrogen-bond acceptors (Lipinski definition) is 5. The summed E-state index contributed by atoms with van der Waals surface area (Å²) in [6.45, 7) is 0.232. The molecule has 0 bridgehead atoms. The fourth-order valence-electron chi connectivity index (χ4n) is 2.00. The molecule has 2 aromatic rings. The molecule has 1 N–H and O–H groups in total. The van der Waals surface area contributed by atoms with E-state index in [1.165, 1.54) is 20.2 Å². The van der Waals surface area contributed by atoms with E-state index in [4.69, 9.17) is 9.57 Å². The maximum Gasteiger partial charge on any atom is 0.283 e. The molecule has 1 heterocycles. The molecule has 2 amide bonds. The highest BCUT2D eigenvalue weighted by Gasteiger charge is 2.10. The van der Waals surface area contributed by atoms with Gasteiger partial charge in [0.2, 0.25) is 5.91 Å². The number of rotatable bonds is 8. The van der Waals surface area contributed by atoms with Crippen LogP contribution >= 0.6 is 0 Å². The van der Waals surface area contributed by atoms with Crippen LogP contribution in [0.2, 0.25) is 0 Å². The summed E-state index contributed by atoms with van der Waals surface area (Å²) in [6, 6.07) is 10.8. The molecule has 0 aliphatic heterocycles. The SMILES string of the molecule is CON(C)C(=O)COc1ccccc1/C=C/C(=O)NCc1cccnc1. The van der Waals surface area contributed by atoms with Gasteiger partial charge in [-0.1, -0.05) is 24.3 Å². The molecule has 0 atom stereocenters. The molecule has 7 heteroatoms. The van der Waals surface area contributed by atoms with Crippen molar-refractivity contribution in [3.05, 3.63) is 66.0 Å². The maximum atomic E-state index is 12.0. The Kier molecular flexibility index (Phi) is 7.32. The highest BCUT2D eigenvalue weighted by molar-refractivity contribution is 5.92. The molecule has 1 aromatic carbocycles. The number of amides is 2. The lowest BCUT2D eigenvalue weighted by molar-refractivity contribution is -0.170. The van der Waals surface area contributed by atoms with Crippen molar-refractivity contribution in [1.82, 2.24) is 15.4 Å². The van der Waals surface area contributed by atoms with E-state index in [9.17, 15) is 9.59 Å². The lowest BCUT2D eigenvalue weighted by Gasteiger charge is -2.14. The molecular weight excluding hydrogens is 334 g/mol. The molecule has 7 nitrogen and oxygen atoms in total. The van der Waals surface area contributed by atoms with Gasteiger partial charge in [-0.25, -0.2) is 5.06 Å². The first kappa shape index (κ1) is 19.1. The number of carbonyl (C=O) groups is 2. The molecule has 2 rings (SSSR count). The number of benzene rings is 1. The van der Waals surface area contributed by atoms with Crippen LogP contribution in [0.3, 0.4) is 0 Å². The number of ether oxygens (including phenoxy) is 1. The minimum atomic E-state index is -0.319. The third-order valence-electron chi connectivity index (χ3n) is 3.50. The fraction of sp³-hybridized carbons (Fsp3) is 0.211. The van der Waals surface area contributed by atoms with E-state index in [0.717, 1.165) is 10.6 Å². The van der Waals surface area contributed by atoms with E-state index in [2.05, 4.69) is 10.3 Å². The van der Waals surface area contributed by atoms with Crippen molar-refractivity contribution < 1.29 is 19.2 Å². The van der Waals surface area contributed by atoms with Gasteiger partial charge >= 0.3 is 0 Å². The second-order valence-electron chi connectivity index (χ2n) is 5.31. The fourth-order valence-corrected chi connectivity index (χ4v) is 2.00. The van der Waals surface area contributed by atoms with Crippen LogP contribution in [0.5, 0.6) is 5.75 Å². The number of hydroxylamine groups is 2. The van der Waals surface area contributed by atoms with E-state index >= 15 is 0 Å². The quantitative estimate of drug-likeness (QED) is 0.577. The number of pyridine rings is 1. The van der Waals surface area contributed by atoms with Gasteiger partial charge in [0.05, 0.1) is 7.11 Å². The number of para-hydroxylation sites is 1. The van der Waals surface area contributed by atoms with Crippen molar-refractivity contribution in [2.75, 3.05) is 20.8 Å². The Morgan fingerprint density at radius 3 is 2.77 bits per heavy atom. The van der Waals surface area contributed by atoms with Crippen molar-refractivity contribution in [1.29, 1.82) is 0 Å². The summed E-state index contributed by atoms with van der Waals surface area (Å²) in [5, 5.41) is 3.87. The minimum absolute atomic E-state index is 0.164. The first-order chi connectivity index (χ1) is 12.6. The van der Waals surface area contributed by atoms with E-state index in [1.807, 2.05) is 18.2 Å². The summed E-state index contributed by atoms with van der Waals surface area (Å²) in [7, 11) is 2.91. The largest absolute Gasteiger partial charge is 0.483 e. The molecule has 0 unspecified atom stereocenters. The van der Waals surface area contributed by atoms with Gasteiger partial charge in [0.1, 0.15) is 5.75 Å². The molecule has 0 fully saturated rings. The van der Waals surface area contributed by atoms with Gasteiger partial charge < -0.3 is 10.1 Å². The van der Waals surface area contributed by atoms with Gasteiger partial charge in [-0.05, 0) is 23.8 Å². The van der Waals surface area contributed by atoms with Crippen LogP contribution in [0.15, 0.2) is 54.9 Å². The smallest absolute Gasteiger partial charge is 0.283 e. The second-order valence-corrected chi connectivity index (χ2v) is 5.31. The molecule has 0 aliphatic rings. The monoisotopic (exact) mass is 355 g/mol. The van der Waals surface area contributed by atoms with E-state index in [1.54, 1.807) is 36.7 Å². The van der Waals surface area contributed by atoms with Gasteiger partial charge in [-0.15, -0.1) is 0 Å². The van der Waals surface area contributed by atoms with Crippen molar-refractivity contribution in [2.24, 2.45) is 0 Å². The summed E-state index contributed by atoms with van der Waals surface area (Å²) >= 11 is 0. The molecular formula is C19H21N3O4. The average molecular weight is 355 g/mol. The Bertz CT molecular complexity index is 762. The predicted octanol–water partition coefficient (Wildman–Crippen LogP) is 1.81. The molecule has 1 aromatic heterocycles. The number of nitrogens with one attached hydrogen (secondary N) is 1. The van der Waals surface area contributed by atoms with Crippen molar-refractivity contribution >= 4 is 17.9 Å². The Balaban J connectivity index is 1.92. The molecule has 136 valence electrons. The van der Waals surface area contributed by atoms with E-state index in [0.29, 0.717) is 17.9 Å². The Hall–Kier alpha value is -3.19. The van der Waals surface area contributed by atoms with Gasteiger partial charge in [-0.3, -0.25) is 19.4 Å². The van der Waals surface area contributed by atoms with Crippen LogP contribution in [0, 0.1) is 0 Å². The van der Waals surface area contributed by atoms with Crippen molar-refractivity contribution in [2.45, 2.75) is 6.54 Å². The molecule has 0 spiro atoms. The topological polar surface area (TPSA) is 80.8 Å². The summed E-state index contributed by atoms with van der Waals surface area (Å²) in [5.41, 5.74) is 1.61. The zero-order chi connectivity index (χ0) is 18.8. The predicted molar refractivity (Wildman–Crippen MR) is 96.8 cm³/mol. The number of carbonyl (C=O) groups excluding carboxylic acids is 2. The lowest BCUT2D eigenvalue weighted by atomic mass is 10.2. The third-order valence-corrected chi connectivity index (χ3v) is 3.50. The summed E-state index contributed by atoms with van der Waals surface area (Å²) < 4.78 is 5.52. The average Bonchev–Trinajstić information content (AvgIpc) is 2.69. The third kappa shape index (κ3) is 6.03. The summed E-state index contributed by atoms with van der Waals surface area (Å²) in [6.07, 6.45) is 6.43. The molecule has 0 radical (unpaired) electrons. The summed E-state index contributed by atoms with van der Waals surface area (Å²) in [5.74, 6) is -0.0546. The van der Waals surface area contributed by atoms with Crippen LogP contribution in [-0.4, -0.2) is 42.6 Å². The minimum Gasteiger partial charge on any atom is -0.483 e. The highest BCUT2D eigenvalue weighted by atomic mass is 16.7. The van der Waals surface area contributed by atoms with Crippen LogP contribution in [0.1, 0.15) is 11.1 Å². The van der Waals surface area contributed by atoms with E-state index < -0.39 is 0 Å². The highest BCUT2D eigenvalue weighted by Crippen LogP contribution is 2.19. The number of likely N-dealkylation sites (N-methyl/N-ethyl adjacent to an activating group) is 1. The maximum absolute atomic E-state index is 12.0. The lowest BCUT2D eigenvalue weighted by Crippen LogP contribution is -2.30. The molecule has 26 heavy (non-hydrogen) atoms. The van der Waals surface area contributed by atoms with Gasteiger partial charge in [-0.2, -0.15) is 0 Å². The van der Waals surface area contributed by atoms with Crippen LogP contribution in [-0.2, 0) is 21.0 Å². The molecule has 0 saturated heterocycles. The van der Waals surface area contributed by atoms with Crippen LogP contribution < -0.4 is 10.1 Å². The Morgan fingerprint density at radius 1 is 1.23 bits per heavy atom. The Labute approximate surface area is 152 Å². The molecule has 0 saturated carbocycles.